The lowest BCUT2D eigenvalue weighted by Crippen LogP contribution is -2.16. The van der Waals surface area contributed by atoms with Crippen molar-refractivity contribution in [2.75, 3.05) is 17.6 Å². The SMILES string of the molecule is CCn1cc(S(=O)(=O)Nc2nc(Cl)cc(OC)n2)c(N)n1. The van der Waals surface area contributed by atoms with E-state index in [0.29, 0.717) is 6.54 Å². The number of nitrogen functional groups attached to an aromatic ring is 1. The van der Waals surface area contributed by atoms with Gasteiger partial charge in [0.15, 0.2) is 5.82 Å². The van der Waals surface area contributed by atoms with Gasteiger partial charge in [0, 0.05) is 18.8 Å². The van der Waals surface area contributed by atoms with Crippen molar-refractivity contribution in [3.05, 3.63) is 17.4 Å². The van der Waals surface area contributed by atoms with Crippen molar-refractivity contribution in [3.8, 4) is 5.88 Å². The molecule has 0 atom stereocenters. The highest BCUT2D eigenvalue weighted by Gasteiger charge is 2.22. The van der Waals surface area contributed by atoms with E-state index in [9.17, 15) is 8.42 Å². The lowest BCUT2D eigenvalue weighted by atomic mass is 10.6. The Morgan fingerprint density at radius 3 is 2.76 bits per heavy atom. The molecule has 0 radical (unpaired) electrons. The Labute approximate surface area is 126 Å². The molecule has 2 aromatic rings. The van der Waals surface area contributed by atoms with Crippen molar-refractivity contribution >= 4 is 33.4 Å². The van der Waals surface area contributed by atoms with E-state index in [-0.39, 0.29) is 27.7 Å². The van der Waals surface area contributed by atoms with Crippen LogP contribution < -0.4 is 15.2 Å². The number of aryl methyl sites for hydroxylation is 1. The predicted molar refractivity (Wildman–Crippen MR) is 76.7 cm³/mol. The average Bonchev–Trinajstić information content (AvgIpc) is 2.79. The number of nitrogens with one attached hydrogen (secondary N) is 1. The number of anilines is 2. The van der Waals surface area contributed by atoms with E-state index in [4.69, 9.17) is 22.1 Å². The minimum Gasteiger partial charge on any atom is -0.481 e. The van der Waals surface area contributed by atoms with Crippen molar-refractivity contribution in [1.82, 2.24) is 19.7 Å². The highest BCUT2D eigenvalue weighted by Crippen LogP contribution is 2.21. The zero-order valence-electron chi connectivity index (χ0n) is 11.2. The second-order valence-electron chi connectivity index (χ2n) is 3.90. The van der Waals surface area contributed by atoms with Crippen molar-refractivity contribution < 1.29 is 13.2 Å². The first-order chi connectivity index (χ1) is 9.85. The third kappa shape index (κ3) is 3.34. The molecule has 0 aromatic carbocycles. The van der Waals surface area contributed by atoms with Crippen LogP contribution in [0.2, 0.25) is 5.15 Å². The highest BCUT2D eigenvalue weighted by molar-refractivity contribution is 7.92. The van der Waals surface area contributed by atoms with Gasteiger partial charge in [-0.3, -0.25) is 4.68 Å². The van der Waals surface area contributed by atoms with E-state index in [2.05, 4.69) is 19.8 Å². The molecule has 0 saturated heterocycles. The number of nitrogens with two attached hydrogens (primary N) is 1. The summed E-state index contributed by atoms with van der Waals surface area (Å²) in [6.07, 6.45) is 1.32. The van der Waals surface area contributed by atoms with Gasteiger partial charge in [0.1, 0.15) is 10.0 Å². The minimum absolute atomic E-state index is 0.0387. The van der Waals surface area contributed by atoms with Gasteiger partial charge in [-0.25, -0.2) is 18.1 Å². The molecule has 0 saturated carbocycles. The zero-order valence-corrected chi connectivity index (χ0v) is 12.8. The maximum Gasteiger partial charge on any atom is 0.269 e. The third-order valence-corrected chi connectivity index (χ3v) is 4.01. The number of rotatable bonds is 5. The summed E-state index contributed by atoms with van der Waals surface area (Å²) in [4.78, 5) is 7.45. The average molecular weight is 333 g/mol. The molecule has 0 aliphatic rings. The number of sulfonamides is 1. The Morgan fingerprint density at radius 2 is 2.19 bits per heavy atom. The highest BCUT2D eigenvalue weighted by atomic mass is 35.5. The van der Waals surface area contributed by atoms with Crippen molar-refractivity contribution in [2.24, 2.45) is 0 Å². The number of nitrogens with zero attached hydrogens (tertiary/aromatic N) is 4. The van der Waals surface area contributed by atoms with Crippen molar-refractivity contribution in [2.45, 2.75) is 18.4 Å². The largest absolute Gasteiger partial charge is 0.481 e. The Balaban J connectivity index is 2.37. The first-order valence-electron chi connectivity index (χ1n) is 5.80. The van der Waals surface area contributed by atoms with Crippen LogP contribution in [0.15, 0.2) is 17.2 Å². The Kier molecular flexibility index (Phi) is 4.19. The van der Waals surface area contributed by atoms with Gasteiger partial charge >= 0.3 is 0 Å². The molecule has 0 spiro atoms. The Bertz CT molecular complexity index is 760. The summed E-state index contributed by atoms with van der Waals surface area (Å²) in [5.74, 6) is -0.203. The fourth-order valence-electron chi connectivity index (χ4n) is 1.51. The minimum atomic E-state index is -3.97. The molecular formula is C10H13ClN6O3S. The number of ether oxygens (including phenoxy) is 1. The third-order valence-electron chi connectivity index (χ3n) is 2.47. The second-order valence-corrected chi connectivity index (χ2v) is 5.93. The first-order valence-corrected chi connectivity index (χ1v) is 7.66. The normalized spacial score (nSPS) is 11.4. The summed E-state index contributed by atoms with van der Waals surface area (Å²) in [6, 6.07) is 1.35. The molecule has 0 bridgehead atoms. The van der Waals surface area contributed by atoms with Gasteiger partial charge in [0.25, 0.3) is 10.0 Å². The van der Waals surface area contributed by atoms with Gasteiger partial charge in [-0.1, -0.05) is 11.6 Å². The Hall–Kier alpha value is -2.07. The number of aromatic nitrogens is 4. The maximum atomic E-state index is 12.3. The van der Waals surface area contributed by atoms with Gasteiger partial charge in [-0.2, -0.15) is 10.1 Å². The summed E-state index contributed by atoms with van der Waals surface area (Å²) >= 11 is 5.75. The van der Waals surface area contributed by atoms with Crippen LogP contribution in [0.25, 0.3) is 0 Å². The van der Waals surface area contributed by atoms with Crippen LogP contribution in [-0.2, 0) is 16.6 Å². The van der Waals surface area contributed by atoms with E-state index in [1.807, 2.05) is 0 Å². The fraction of sp³-hybridized carbons (Fsp3) is 0.300. The molecule has 3 N–H and O–H groups in total. The van der Waals surface area contributed by atoms with E-state index in [1.165, 1.54) is 24.1 Å². The van der Waals surface area contributed by atoms with Gasteiger partial charge < -0.3 is 10.5 Å². The van der Waals surface area contributed by atoms with E-state index >= 15 is 0 Å². The summed E-state index contributed by atoms with van der Waals surface area (Å²) < 4.78 is 33.0. The summed E-state index contributed by atoms with van der Waals surface area (Å²) in [6.45, 7) is 2.29. The monoisotopic (exact) mass is 332 g/mol. The van der Waals surface area contributed by atoms with E-state index < -0.39 is 10.0 Å². The van der Waals surface area contributed by atoms with Crippen molar-refractivity contribution in [1.29, 1.82) is 0 Å². The zero-order chi connectivity index (χ0) is 15.6. The van der Waals surface area contributed by atoms with Crippen LogP contribution in [0, 0.1) is 0 Å². The second kappa shape index (κ2) is 5.74. The maximum absolute atomic E-state index is 12.3. The summed E-state index contributed by atoms with van der Waals surface area (Å²) in [7, 11) is -2.60. The number of methoxy groups -OCH3 is 1. The fourth-order valence-corrected chi connectivity index (χ4v) is 2.70. The summed E-state index contributed by atoms with van der Waals surface area (Å²) in [5, 5.41) is 3.91. The molecule has 11 heteroatoms. The molecule has 0 fully saturated rings. The Morgan fingerprint density at radius 1 is 1.48 bits per heavy atom. The number of halogens is 1. The quantitative estimate of drug-likeness (QED) is 0.773. The van der Waals surface area contributed by atoms with Crippen LogP contribution in [0.3, 0.4) is 0 Å². The molecule has 0 unspecified atom stereocenters. The molecule has 2 aromatic heterocycles. The van der Waals surface area contributed by atoms with Gasteiger partial charge in [0.05, 0.1) is 7.11 Å². The molecule has 2 rings (SSSR count). The number of hydrogen-bond acceptors (Lipinski definition) is 7. The van der Waals surface area contributed by atoms with Crippen molar-refractivity contribution in [3.63, 3.8) is 0 Å². The molecule has 9 nitrogen and oxygen atoms in total. The van der Waals surface area contributed by atoms with Crippen LogP contribution >= 0.6 is 11.6 Å². The smallest absolute Gasteiger partial charge is 0.269 e. The molecular weight excluding hydrogens is 320 g/mol. The molecule has 2 heterocycles. The van der Waals surface area contributed by atoms with E-state index in [1.54, 1.807) is 6.92 Å². The van der Waals surface area contributed by atoms with Crippen LogP contribution in [-0.4, -0.2) is 35.3 Å². The van der Waals surface area contributed by atoms with Crippen LogP contribution in [0.4, 0.5) is 11.8 Å². The molecule has 114 valence electrons. The predicted octanol–water partition coefficient (Wildman–Crippen LogP) is 0.738. The molecule has 0 amide bonds. The summed E-state index contributed by atoms with van der Waals surface area (Å²) in [5.41, 5.74) is 5.60. The lowest BCUT2D eigenvalue weighted by molar-refractivity contribution is 0.397. The van der Waals surface area contributed by atoms with E-state index in [0.717, 1.165) is 0 Å². The standard InChI is InChI=1S/C10H13ClN6O3S/c1-3-17-5-6(9(12)15-17)21(18,19)16-10-13-7(11)4-8(14-10)20-2/h4-5H,3H2,1-2H3,(H2,12,15)(H,13,14,16). The molecule has 0 aliphatic carbocycles. The lowest BCUT2D eigenvalue weighted by Gasteiger charge is -2.07. The first kappa shape index (κ1) is 15.3. The van der Waals surface area contributed by atoms with Crippen LogP contribution in [0.5, 0.6) is 5.88 Å². The number of hydrogen-bond donors (Lipinski definition) is 2. The van der Waals surface area contributed by atoms with Gasteiger partial charge in [0.2, 0.25) is 11.8 Å². The van der Waals surface area contributed by atoms with Crippen LogP contribution in [0.1, 0.15) is 6.92 Å². The topological polar surface area (TPSA) is 125 Å². The van der Waals surface area contributed by atoms with Gasteiger partial charge in [-0.05, 0) is 6.92 Å². The molecule has 21 heavy (non-hydrogen) atoms. The molecule has 0 aliphatic heterocycles. The van der Waals surface area contributed by atoms with Gasteiger partial charge in [-0.15, -0.1) is 0 Å².